The fraction of sp³-hybridized carbons (Fsp3) is 0.389. The number of aromatic nitrogens is 2. The molecule has 0 spiro atoms. The highest BCUT2D eigenvalue weighted by Gasteiger charge is 2.40. The largest absolute Gasteiger partial charge is 0.462 e. The number of piperidine rings is 1. The van der Waals surface area contributed by atoms with Crippen molar-refractivity contribution in [1.82, 2.24) is 35.3 Å². The second-order valence-electron chi connectivity index (χ2n) is 19.6. The van der Waals surface area contributed by atoms with E-state index in [-0.39, 0.29) is 78.9 Å². The second kappa shape index (κ2) is 21.7. The quantitative estimate of drug-likeness (QED) is 0.0649. The van der Waals surface area contributed by atoms with Crippen LogP contribution < -0.4 is 30.5 Å². The smallest absolute Gasteiger partial charge is 0.341 e. The molecule has 0 radical (unpaired) electrons. The number of urea groups is 1. The first kappa shape index (κ1) is 50.9. The number of esters is 1. The van der Waals surface area contributed by atoms with E-state index in [0.29, 0.717) is 66.5 Å². The van der Waals surface area contributed by atoms with Crippen molar-refractivity contribution in [2.75, 3.05) is 68.1 Å². The van der Waals surface area contributed by atoms with Crippen molar-refractivity contribution in [3.8, 4) is 12.1 Å². The SMILES string of the molecule is C=C(COC(=O)c1c(C)csc1NC(=O)NCc1ccc2c(c1)CN(C1CCC(=O)NC1=O)C2=O)C(=O)N1CCN(c2nc(OC[C@@H]3CCCN3C)nc3c2CCN(c2cccc4cccc(Cl)c24)C3)C[C@@H]1CC#N. The minimum Gasteiger partial charge on any atom is -0.462 e. The van der Waals surface area contributed by atoms with E-state index in [4.69, 9.17) is 31.0 Å². The number of nitrogens with zero attached hydrogens (tertiary/aromatic N) is 8. The molecule has 388 valence electrons. The summed E-state index contributed by atoms with van der Waals surface area (Å²) in [4.78, 5) is 98.0. The molecule has 0 bridgehead atoms. The monoisotopic (exact) mass is 1050 g/mol. The van der Waals surface area contributed by atoms with Gasteiger partial charge in [-0.1, -0.05) is 54.6 Å². The zero-order valence-corrected chi connectivity index (χ0v) is 43.2. The number of carbonyl (C=O) groups excluding carboxylic acids is 6. The third kappa shape index (κ3) is 10.6. The molecule has 3 aromatic carbocycles. The molecule has 19 nitrogen and oxygen atoms in total. The van der Waals surface area contributed by atoms with Crippen molar-refractivity contribution in [2.24, 2.45) is 0 Å². The predicted molar refractivity (Wildman–Crippen MR) is 282 cm³/mol. The van der Waals surface area contributed by atoms with Crippen molar-refractivity contribution >= 4 is 85.8 Å². The molecule has 0 saturated carbocycles. The number of amides is 6. The van der Waals surface area contributed by atoms with Gasteiger partial charge in [0.25, 0.3) is 11.8 Å². The third-order valence-corrected chi connectivity index (χ3v) is 16.1. The average Bonchev–Trinajstić information content (AvgIpc) is 4.10. The number of thiophene rings is 1. The van der Waals surface area contributed by atoms with Crippen LogP contribution in [0.4, 0.5) is 21.3 Å². The van der Waals surface area contributed by atoms with Gasteiger partial charge in [-0.25, -0.2) is 9.59 Å². The Kier molecular flexibility index (Phi) is 14.7. The number of hydrogen-bond donors (Lipinski definition) is 3. The van der Waals surface area contributed by atoms with Gasteiger partial charge in [-0.2, -0.15) is 15.2 Å². The average molecular weight is 1050 g/mol. The van der Waals surface area contributed by atoms with E-state index in [1.54, 1.807) is 35.4 Å². The van der Waals surface area contributed by atoms with Crippen LogP contribution in [0.5, 0.6) is 6.01 Å². The van der Waals surface area contributed by atoms with Crippen LogP contribution in [-0.4, -0.2) is 131 Å². The van der Waals surface area contributed by atoms with Gasteiger partial charge in [0.05, 0.1) is 41.4 Å². The standard InChI is InChI=1S/C54H56ClN11O8S/c1-31(28-73-52(71)45-32(2)30-75-49(45)61-53(72)57-24-33-12-13-38-35(23-33)25-66(51(38)70)43-14-15-44(67)59-48(43)68)50(69)65-22-21-64(26-36(65)16-18-56)47-39-17-20-63(42-11-5-8-34-7-4-10-40(55)46(34)42)27-41(39)58-54(60-47)74-29-37-9-6-19-62(37)3/h4-5,7-8,10-13,23,30,36-37,43H,1,6,9,14-17,19-22,24-29H2,2-3H3,(H2,57,61,72)(H,59,67,68)/t36-,37-,43?/m0/s1. The molecule has 5 aromatic rings. The minimum absolute atomic E-state index is 0.0248. The highest BCUT2D eigenvalue weighted by molar-refractivity contribution is 7.15. The maximum atomic E-state index is 14.1. The van der Waals surface area contributed by atoms with Gasteiger partial charge in [0, 0.05) is 79.5 Å². The predicted octanol–water partition coefficient (Wildman–Crippen LogP) is 6.12. The number of hydrogen-bond acceptors (Lipinski definition) is 15. The van der Waals surface area contributed by atoms with Crippen molar-refractivity contribution in [2.45, 2.75) is 83.2 Å². The lowest BCUT2D eigenvalue weighted by molar-refractivity contribution is -0.137. The summed E-state index contributed by atoms with van der Waals surface area (Å²) < 4.78 is 12.0. The lowest BCUT2D eigenvalue weighted by atomic mass is 10.0. The van der Waals surface area contributed by atoms with Crippen molar-refractivity contribution in [1.29, 1.82) is 5.26 Å². The molecule has 5 aliphatic rings. The van der Waals surface area contributed by atoms with Crippen molar-refractivity contribution in [3.63, 3.8) is 0 Å². The van der Waals surface area contributed by atoms with E-state index in [2.05, 4.69) is 68.5 Å². The highest BCUT2D eigenvalue weighted by Crippen LogP contribution is 2.38. The molecule has 3 fully saturated rings. The molecule has 6 amide bonds. The van der Waals surface area contributed by atoms with Gasteiger partial charge in [-0.05, 0) is 91.9 Å². The van der Waals surface area contributed by atoms with Crippen LogP contribution in [-0.2, 0) is 45.2 Å². The number of anilines is 3. The Balaban J connectivity index is 0.768. The van der Waals surface area contributed by atoms with Crippen LogP contribution in [0.2, 0.25) is 5.02 Å². The highest BCUT2D eigenvalue weighted by atomic mass is 35.5. The number of carbonyl (C=O) groups is 6. The van der Waals surface area contributed by atoms with Crippen LogP contribution in [0.1, 0.15) is 80.8 Å². The zero-order chi connectivity index (χ0) is 52.5. The summed E-state index contributed by atoms with van der Waals surface area (Å²) >= 11 is 7.93. The normalized spacial score (nSPS) is 19.6. The zero-order valence-electron chi connectivity index (χ0n) is 41.7. The summed E-state index contributed by atoms with van der Waals surface area (Å²) in [6.07, 6.45) is 3.20. The number of ether oxygens (including phenoxy) is 2. The first-order chi connectivity index (χ1) is 36.2. The van der Waals surface area contributed by atoms with Gasteiger partial charge >= 0.3 is 18.0 Å². The van der Waals surface area contributed by atoms with Gasteiger partial charge in [0.1, 0.15) is 30.1 Å². The molecule has 3 atom stereocenters. The van der Waals surface area contributed by atoms with E-state index >= 15 is 0 Å². The first-order valence-electron chi connectivity index (χ1n) is 25.1. The Hall–Kier alpha value is -7.60. The van der Waals surface area contributed by atoms with Crippen LogP contribution in [0, 0.1) is 18.3 Å². The number of likely N-dealkylation sites (N-methyl/N-ethyl adjacent to an activating group) is 1. The Bertz CT molecular complexity index is 3190. The number of imide groups is 1. The van der Waals surface area contributed by atoms with E-state index in [1.165, 1.54) is 4.90 Å². The fourth-order valence-electron chi connectivity index (χ4n) is 10.8. The topological polar surface area (TPSA) is 223 Å². The first-order valence-corrected chi connectivity index (χ1v) is 26.3. The van der Waals surface area contributed by atoms with Gasteiger partial charge in [0.2, 0.25) is 11.8 Å². The van der Waals surface area contributed by atoms with Gasteiger partial charge < -0.3 is 39.3 Å². The molecule has 10 rings (SSSR count). The Morgan fingerprint density at radius 2 is 1.81 bits per heavy atom. The lowest BCUT2D eigenvalue weighted by Crippen LogP contribution is -2.56. The van der Waals surface area contributed by atoms with E-state index in [1.807, 2.05) is 18.2 Å². The maximum absolute atomic E-state index is 14.1. The number of nitrogens with one attached hydrogen (secondary N) is 3. The number of halogens is 1. The summed E-state index contributed by atoms with van der Waals surface area (Å²) in [5.41, 5.74) is 5.42. The number of nitriles is 1. The van der Waals surface area contributed by atoms with Crippen LogP contribution in [0.3, 0.4) is 0 Å². The van der Waals surface area contributed by atoms with Gasteiger partial charge in [-0.3, -0.25) is 29.8 Å². The number of benzene rings is 3. The Morgan fingerprint density at radius 3 is 2.60 bits per heavy atom. The fourth-order valence-corrected chi connectivity index (χ4v) is 12.0. The minimum atomic E-state index is -0.756. The van der Waals surface area contributed by atoms with E-state index < -0.39 is 42.5 Å². The Labute approximate surface area is 442 Å². The molecular formula is C54H56ClN11O8S. The Morgan fingerprint density at radius 1 is 0.987 bits per heavy atom. The molecular weight excluding hydrogens is 998 g/mol. The maximum Gasteiger partial charge on any atom is 0.341 e. The summed E-state index contributed by atoms with van der Waals surface area (Å²) in [6.45, 7) is 9.17. The number of aryl methyl sites for hydroxylation is 1. The van der Waals surface area contributed by atoms with E-state index in [9.17, 15) is 34.0 Å². The molecule has 5 aliphatic heterocycles. The lowest BCUT2D eigenvalue weighted by Gasteiger charge is -2.42. The van der Waals surface area contributed by atoms with Gasteiger partial charge in [-0.15, -0.1) is 11.3 Å². The van der Waals surface area contributed by atoms with E-state index in [0.717, 1.165) is 64.3 Å². The summed E-state index contributed by atoms with van der Waals surface area (Å²) in [7, 11) is 2.10. The second-order valence-corrected chi connectivity index (χ2v) is 20.9. The molecule has 21 heteroatoms. The van der Waals surface area contributed by atoms with Crippen molar-refractivity contribution < 1.29 is 38.2 Å². The van der Waals surface area contributed by atoms with Crippen LogP contribution in [0.15, 0.2) is 72.1 Å². The molecule has 1 unspecified atom stereocenters. The number of piperazine rings is 1. The van der Waals surface area contributed by atoms with Gasteiger partial charge in [0.15, 0.2) is 0 Å². The van der Waals surface area contributed by atoms with Crippen molar-refractivity contribution in [3.05, 3.63) is 116 Å². The third-order valence-electron chi connectivity index (χ3n) is 14.8. The number of likely N-dealkylation sites (tertiary alicyclic amines) is 1. The number of rotatable bonds is 14. The summed E-state index contributed by atoms with van der Waals surface area (Å²) in [5.74, 6) is -1.63. The molecule has 7 heterocycles. The van der Waals surface area contributed by atoms with Crippen LogP contribution in [0.25, 0.3) is 10.8 Å². The molecule has 3 N–H and O–H groups in total. The van der Waals surface area contributed by atoms with Crippen LogP contribution >= 0.6 is 22.9 Å². The molecule has 3 saturated heterocycles. The number of fused-ring (bicyclic) bond motifs is 3. The molecule has 75 heavy (non-hydrogen) atoms. The summed E-state index contributed by atoms with van der Waals surface area (Å²) in [6, 6.07) is 18.2. The molecule has 0 aliphatic carbocycles. The molecule has 2 aromatic heterocycles. The summed E-state index contributed by atoms with van der Waals surface area (Å²) in [5, 5.41) is 22.5.